The van der Waals surface area contributed by atoms with Gasteiger partial charge in [-0.25, -0.2) is 17.6 Å². The Morgan fingerprint density at radius 3 is 2.55 bits per heavy atom. The van der Waals surface area contributed by atoms with Crippen LogP contribution >= 0.6 is 0 Å². The van der Waals surface area contributed by atoms with Gasteiger partial charge in [0, 0.05) is 25.2 Å². The highest BCUT2D eigenvalue weighted by Gasteiger charge is 2.34. The molecular weight excluding hydrogens is 569 g/mol. The third kappa shape index (κ3) is 6.65. The van der Waals surface area contributed by atoms with E-state index in [2.05, 4.69) is 15.2 Å². The zero-order valence-electron chi connectivity index (χ0n) is 23.9. The Bertz CT molecular complexity index is 1540. The quantitative estimate of drug-likeness (QED) is 0.353. The lowest BCUT2D eigenvalue weighted by atomic mass is 9.99. The maximum absolute atomic E-state index is 13.7. The van der Waals surface area contributed by atoms with Crippen molar-refractivity contribution in [1.82, 2.24) is 15.0 Å². The number of benzene rings is 2. The molecule has 1 aromatic heterocycles. The largest absolute Gasteiger partial charge is 0.487 e. The maximum atomic E-state index is 13.7. The van der Waals surface area contributed by atoms with Gasteiger partial charge in [-0.1, -0.05) is 12.1 Å². The molecule has 4 rings (SSSR count). The molecule has 14 heteroatoms. The average Bonchev–Trinajstić information content (AvgIpc) is 3.26. The van der Waals surface area contributed by atoms with E-state index in [1.54, 1.807) is 27.8 Å². The first-order chi connectivity index (χ1) is 19.8. The Balaban J connectivity index is 1.62. The van der Waals surface area contributed by atoms with Crippen LogP contribution in [0.1, 0.15) is 35.7 Å². The Labute approximate surface area is 243 Å². The third-order valence-corrected chi connectivity index (χ3v) is 8.50. The van der Waals surface area contributed by atoms with E-state index in [1.165, 1.54) is 28.0 Å². The van der Waals surface area contributed by atoms with Crippen LogP contribution in [0.3, 0.4) is 0 Å². The number of carbonyl (C=O) groups is 2. The van der Waals surface area contributed by atoms with Crippen LogP contribution in [0.5, 0.6) is 5.75 Å². The van der Waals surface area contributed by atoms with Gasteiger partial charge in [0.25, 0.3) is 15.9 Å². The molecule has 3 N–H and O–H groups in total. The summed E-state index contributed by atoms with van der Waals surface area (Å²) < 4.78 is 52.9. The number of sulfonamides is 1. The fourth-order valence-corrected chi connectivity index (χ4v) is 5.60. The molecule has 3 aromatic rings. The first-order valence-corrected chi connectivity index (χ1v) is 14.7. The van der Waals surface area contributed by atoms with Crippen LogP contribution < -0.4 is 14.8 Å². The lowest BCUT2D eigenvalue weighted by Gasteiger charge is -2.38. The Kier molecular flexibility index (Phi) is 9.06. The highest BCUT2D eigenvalue weighted by atomic mass is 32.2. The van der Waals surface area contributed by atoms with Crippen molar-refractivity contribution in [2.45, 2.75) is 44.7 Å². The zero-order valence-corrected chi connectivity index (χ0v) is 24.7. The third-order valence-electron chi connectivity index (χ3n) is 7.11. The van der Waals surface area contributed by atoms with Gasteiger partial charge >= 0.3 is 6.03 Å². The number of urea groups is 1. The number of anilines is 2. The summed E-state index contributed by atoms with van der Waals surface area (Å²) in [6.07, 6.45) is -0.576. The summed E-state index contributed by atoms with van der Waals surface area (Å²) >= 11 is 0. The Morgan fingerprint density at radius 2 is 1.93 bits per heavy atom. The molecule has 226 valence electrons. The lowest BCUT2D eigenvalue weighted by Crippen LogP contribution is -2.50. The fourth-order valence-electron chi connectivity index (χ4n) is 4.55. The first-order valence-electron chi connectivity index (χ1n) is 13.3. The molecule has 2 aromatic carbocycles. The van der Waals surface area contributed by atoms with Crippen LogP contribution in [0.15, 0.2) is 51.9 Å². The number of aliphatic hydroxyl groups is 1. The molecule has 12 nitrogen and oxygen atoms in total. The number of rotatable bonds is 8. The second kappa shape index (κ2) is 12.4. The number of carbonyl (C=O) groups excluding carboxylic acids is 2. The average molecular weight is 604 g/mol. The second-order valence-corrected chi connectivity index (χ2v) is 12.1. The van der Waals surface area contributed by atoms with Crippen molar-refractivity contribution >= 4 is 33.3 Å². The number of likely N-dealkylation sites (N-methyl/N-ethyl adjacent to an activating group) is 1. The van der Waals surface area contributed by atoms with Gasteiger partial charge in [-0.15, -0.1) is 0 Å². The number of ether oxygens (including phenoxy) is 1. The summed E-state index contributed by atoms with van der Waals surface area (Å²) in [5.74, 6) is -0.634. The van der Waals surface area contributed by atoms with Gasteiger partial charge in [-0.2, -0.15) is 0 Å². The van der Waals surface area contributed by atoms with Gasteiger partial charge in [0.05, 0.1) is 29.7 Å². The minimum Gasteiger partial charge on any atom is -0.487 e. The summed E-state index contributed by atoms with van der Waals surface area (Å²) in [7, 11) is -2.48. The van der Waals surface area contributed by atoms with Crippen molar-refractivity contribution < 1.29 is 36.8 Å². The van der Waals surface area contributed by atoms with Crippen molar-refractivity contribution in [2.24, 2.45) is 5.92 Å². The number of nitrogens with zero attached hydrogens (tertiary/aromatic N) is 3. The molecule has 0 unspecified atom stereocenters. The number of nitrogens with one attached hydrogen (secondary N) is 2. The topological polar surface area (TPSA) is 154 Å². The minimum absolute atomic E-state index is 0.0781. The summed E-state index contributed by atoms with van der Waals surface area (Å²) in [6, 6.07) is 7.66. The molecule has 0 saturated carbocycles. The van der Waals surface area contributed by atoms with E-state index in [0.717, 1.165) is 24.3 Å². The number of fused-ring (bicyclic) bond motifs is 1. The number of amides is 3. The lowest BCUT2D eigenvalue weighted by molar-refractivity contribution is 0.0371. The minimum atomic E-state index is -4.08. The van der Waals surface area contributed by atoms with Crippen LogP contribution in [0, 0.1) is 25.6 Å². The predicted molar refractivity (Wildman–Crippen MR) is 152 cm³/mol. The van der Waals surface area contributed by atoms with E-state index in [9.17, 15) is 27.5 Å². The van der Waals surface area contributed by atoms with E-state index in [1.807, 2.05) is 6.92 Å². The molecule has 1 aliphatic rings. The molecule has 0 bridgehead atoms. The molecule has 0 saturated heterocycles. The van der Waals surface area contributed by atoms with Crippen molar-refractivity contribution in [3.05, 3.63) is 65.3 Å². The monoisotopic (exact) mass is 603 g/mol. The normalized spacial score (nSPS) is 17.9. The highest BCUT2D eigenvalue weighted by molar-refractivity contribution is 7.92. The summed E-state index contributed by atoms with van der Waals surface area (Å²) in [5.41, 5.74) is 1.19. The smallest absolute Gasteiger partial charge is 0.321 e. The van der Waals surface area contributed by atoms with Gasteiger partial charge in [0.1, 0.15) is 29.1 Å². The fraction of sp³-hybridized carbons (Fsp3) is 0.393. The molecule has 42 heavy (non-hydrogen) atoms. The molecule has 3 amide bonds. The van der Waals surface area contributed by atoms with E-state index >= 15 is 0 Å². The van der Waals surface area contributed by atoms with Gasteiger partial charge in [-0.05, 0) is 63.2 Å². The Morgan fingerprint density at radius 1 is 1.24 bits per heavy atom. The second-order valence-electron chi connectivity index (χ2n) is 10.4. The number of aliphatic hydroxyl groups excluding tert-OH is 1. The number of hydrogen-bond acceptors (Lipinski definition) is 8. The molecule has 1 aliphatic heterocycles. The van der Waals surface area contributed by atoms with Crippen molar-refractivity contribution in [3.8, 4) is 5.75 Å². The van der Waals surface area contributed by atoms with Gasteiger partial charge in [0.15, 0.2) is 5.76 Å². The first kappa shape index (κ1) is 30.8. The van der Waals surface area contributed by atoms with Crippen molar-refractivity contribution in [2.75, 3.05) is 36.8 Å². The van der Waals surface area contributed by atoms with Crippen LogP contribution in [0.25, 0.3) is 0 Å². The van der Waals surface area contributed by atoms with E-state index < -0.39 is 39.9 Å². The zero-order chi connectivity index (χ0) is 30.8. The Hall–Kier alpha value is -4.17. The maximum Gasteiger partial charge on any atom is 0.321 e. The van der Waals surface area contributed by atoms with Crippen LogP contribution in [0.2, 0.25) is 0 Å². The van der Waals surface area contributed by atoms with E-state index in [4.69, 9.17) is 9.26 Å². The predicted octanol–water partition coefficient (Wildman–Crippen LogP) is 3.62. The molecular formula is C28H34FN5O7S. The number of halogens is 1. The summed E-state index contributed by atoms with van der Waals surface area (Å²) in [6.45, 7) is 7.03. The summed E-state index contributed by atoms with van der Waals surface area (Å²) in [5, 5.41) is 16.5. The standard InChI is InChI=1S/C28H34FN5O7S/c1-16-13-34(17(2)15-35)27(36)23-12-21(32-42(38,39)22-9-6-20(29)7-10-22)8-11-24(23)40-25(16)14-33(5)28(37)30-26-18(3)31-41-19(26)4/h6-12,16-17,25,32,35H,13-15H2,1-5H3,(H,30,37)/t16-,17-,25-/m1/s1. The van der Waals surface area contributed by atoms with Crippen LogP contribution in [0.4, 0.5) is 20.6 Å². The molecule has 2 heterocycles. The van der Waals surface area contributed by atoms with Gasteiger partial charge in [-0.3, -0.25) is 9.52 Å². The molecule has 3 atom stereocenters. The molecule has 0 fully saturated rings. The van der Waals surface area contributed by atoms with E-state index in [0.29, 0.717) is 17.1 Å². The van der Waals surface area contributed by atoms with Crippen molar-refractivity contribution in [3.63, 3.8) is 0 Å². The number of hydrogen-bond donors (Lipinski definition) is 3. The summed E-state index contributed by atoms with van der Waals surface area (Å²) in [4.78, 5) is 29.4. The highest BCUT2D eigenvalue weighted by Crippen LogP contribution is 2.31. The number of aromatic nitrogens is 1. The van der Waals surface area contributed by atoms with Crippen LogP contribution in [-0.2, 0) is 10.0 Å². The molecule has 0 spiro atoms. The SMILES string of the molecule is Cc1noc(C)c1NC(=O)N(C)C[C@H]1Oc2ccc(NS(=O)(=O)c3ccc(F)cc3)cc2C(=O)N([C@H](C)CO)C[C@H]1C. The van der Waals surface area contributed by atoms with Gasteiger partial charge in [0.2, 0.25) is 0 Å². The number of aryl methyl sites for hydroxylation is 2. The van der Waals surface area contributed by atoms with Gasteiger partial charge < -0.3 is 29.5 Å². The van der Waals surface area contributed by atoms with Crippen LogP contribution in [-0.4, -0.2) is 79.3 Å². The van der Waals surface area contributed by atoms with Crippen molar-refractivity contribution in [1.29, 1.82) is 0 Å². The molecule has 0 aliphatic carbocycles. The molecule has 0 radical (unpaired) electrons. The van der Waals surface area contributed by atoms with E-state index in [-0.39, 0.29) is 47.5 Å².